The Kier molecular flexibility index (Phi) is 3.60. The van der Waals surface area contributed by atoms with E-state index >= 15 is 0 Å². The maximum Gasteiger partial charge on any atom is 0.0916 e. The molecule has 0 radical (unpaired) electrons. The van der Waals surface area contributed by atoms with Crippen molar-refractivity contribution >= 4 is 0 Å². The summed E-state index contributed by atoms with van der Waals surface area (Å²) >= 11 is 0. The third-order valence-electron chi connectivity index (χ3n) is 2.05. The molecule has 1 atom stereocenters. The minimum absolute atomic E-state index is 0.195. The summed E-state index contributed by atoms with van der Waals surface area (Å²) in [7, 11) is 0. The summed E-state index contributed by atoms with van der Waals surface area (Å²) in [6.45, 7) is 8.38. The van der Waals surface area contributed by atoms with Gasteiger partial charge in [-0.25, -0.2) is 10.9 Å². The first-order valence-corrected chi connectivity index (χ1v) is 4.65. The summed E-state index contributed by atoms with van der Waals surface area (Å²) in [5.74, 6) is 0. The van der Waals surface area contributed by atoms with Gasteiger partial charge in [0.25, 0.3) is 0 Å². The molecule has 0 bridgehead atoms. The van der Waals surface area contributed by atoms with Gasteiger partial charge in [-0.1, -0.05) is 6.92 Å². The second-order valence-corrected chi connectivity index (χ2v) is 3.85. The smallest absolute Gasteiger partial charge is 0.0916 e. The zero-order valence-electron chi connectivity index (χ0n) is 8.73. The first kappa shape index (κ1) is 10.8. The third-order valence-corrected chi connectivity index (χ3v) is 2.05. The molecule has 1 heterocycles. The predicted octanol–water partition coefficient (Wildman–Crippen LogP) is -0.640. The zero-order chi connectivity index (χ0) is 9.90. The van der Waals surface area contributed by atoms with Gasteiger partial charge < -0.3 is 0 Å². The normalized spacial score (nSPS) is 26.8. The topological polar surface area (TPSA) is 63.4 Å². The fourth-order valence-corrected chi connectivity index (χ4v) is 1.04. The first-order valence-electron chi connectivity index (χ1n) is 4.65. The molecule has 0 amide bonds. The number of nitrogens with one attached hydrogen (secondary N) is 5. The van der Waals surface area contributed by atoms with Crippen molar-refractivity contribution in [3.8, 4) is 0 Å². The molecule has 1 unspecified atom stereocenters. The van der Waals surface area contributed by atoms with Gasteiger partial charge in [-0.2, -0.15) is 21.7 Å². The average molecular weight is 188 g/mol. The van der Waals surface area contributed by atoms with Gasteiger partial charge in [0.15, 0.2) is 0 Å². The van der Waals surface area contributed by atoms with Gasteiger partial charge in [0, 0.05) is 6.04 Å². The highest BCUT2D eigenvalue weighted by atomic mass is 16.0. The summed E-state index contributed by atoms with van der Waals surface area (Å²) in [5.41, 5.74) is 14.8. The van der Waals surface area contributed by atoms with Crippen molar-refractivity contribution in [2.24, 2.45) is 0 Å². The number of nitrogens with zero attached hydrogens (tertiary/aromatic N) is 1. The molecule has 0 saturated carbocycles. The molecule has 1 rings (SSSR count). The van der Waals surface area contributed by atoms with Crippen LogP contribution >= 0.6 is 0 Å². The van der Waals surface area contributed by atoms with Gasteiger partial charge in [-0.3, -0.25) is 0 Å². The second kappa shape index (κ2) is 4.32. The van der Waals surface area contributed by atoms with E-state index in [-0.39, 0.29) is 5.66 Å². The minimum atomic E-state index is -0.195. The molecule has 6 nitrogen and oxygen atoms in total. The monoisotopic (exact) mass is 188 g/mol. The summed E-state index contributed by atoms with van der Waals surface area (Å²) in [5, 5.41) is 1.94. The Hall–Kier alpha value is -0.240. The van der Waals surface area contributed by atoms with Gasteiger partial charge in [0.1, 0.15) is 0 Å². The van der Waals surface area contributed by atoms with Gasteiger partial charge in [-0.15, -0.1) is 0 Å². The molecular formula is C7H20N6. The standard InChI is InChI=1S/C7H20N6/c1-5-6(2)13-9-7(3,4)8-10-11-12-13/h6,8-12H,5H2,1-4H3. The Morgan fingerprint density at radius 1 is 1.31 bits per heavy atom. The molecule has 0 aromatic rings. The molecular weight excluding hydrogens is 168 g/mol. The third kappa shape index (κ3) is 3.18. The van der Waals surface area contributed by atoms with Crippen LogP contribution in [0.5, 0.6) is 0 Å². The van der Waals surface area contributed by atoms with Crippen LogP contribution in [0.4, 0.5) is 0 Å². The van der Waals surface area contributed by atoms with E-state index in [1.54, 1.807) is 0 Å². The van der Waals surface area contributed by atoms with Crippen LogP contribution in [-0.4, -0.2) is 16.8 Å². The number of rotatable bonds is 2. The molecule has 0 aromatic carbocycles. The molecule has 0 aromatic heterocycles. The Labute approximate surface area is 79.3 Å². The molecule has 13 heavy (non-hydrogen) atoms. The van der Waals surface area contributed by atoms with E-state index < -0.39 is 0 Å². The molecule has 78 valence electrons. The van der Waals surface area contributed by atoms with E-state index in [2.05, 4.69) is 41.3 Å². The minimum Gasteiger partial charge on any atom is -0.223 e. The molecule has 1 aliphatic rings. The van der Waals surface area contributed by atoms with Gasteiger partial charge in [0.05, 0.1) is 5.66 Å². The first-order chi connectivity index (χ1) is 6.05. The maximum absolute atomic E-state index is 3.29. The molecule has 1 saturated heterocycles. The van der Waals surface area contributed by atoms with E-state index in [1.165, 1.54) is 0 Å². The van der Waals surface area contributed by atoms with E-state index in [0.29, 0.717) is 6.04 Å². The van der Waals surface area contributed by atoms with Gasteiger partial charge in [0.2, 0.25) is 0 Å². The van der Waals surface area contributed by atoms with Crippen molar-refractivity contribution in [3.05, 3.63) is 0 Å². The van der Waals surface area contributed by atoms with Crippen molar-refractivity contribution < 1.29 is 0 Å². The lowest BCUT2D eigenvalue weighted by atomic mass is 10.2. The zero-order valence-corrected chi connectivity index (χ0v) is 8.73. The predicted molar refractivity (Wildman–Crippen MR) is 51.3 cm³/mol. The average Bonchev–Trinajstić information content (AvgIpc) is 2.25. The second-order valence-electron chi connectivity index (χ2n) is 3.85. The van der Waals surface area contributed by atoms with Crippen LogP contribution in [0.1, 0.15) is 34.1 Å². The fraction of sp³-hybridized carbons (Fsp3) is 1.00. The van der Waals surface area contributed by atoms with E-state index in [1.807, 2.05) is 19.0 Å². The Morgan fingerprint density at radius 3 is 2.62 bits per heavy atom. The largest absolute Gasteiger partial charge is 0.223 e. The lowest BCUT2D eigenvalue weighted by Crippen LogP contribution is -2.62. The van der Waals surface area contributed by atoms with Gasteiger partial charge in [-0.05, 0) is 27.2 Å². The highest BCUT2D eigenvalue weighted by Gasteiger charge is 2.24. The van der Waals surface area contributed by atoms with E-state index in [0.717, 1.165) is 6.42 Å². The van der Waals surface area contributed by atoms with E-state index in [9.17, 15) is 0 Å². The quantitative estimate of drug-likeness (QED) is 0.397. The maximum atomic E-state index is 3.29. The van der Waals surface area contributed by atoms with Crippen molar-refractivity contribution in [1.82, 2.24) is 32.6 Å². The Morgan fingerprint density at radius 2 is 2.00 bits per heavy atom. The molecule has 5 N–H and O–H groups in total. The summed E-state index contributed by atoms with van der Waals surface area (Å²) in [6, 6.07) is 0.411. The van der Waals surface area contributed by atoms with Crippen LogP contribution in [0.25, 0.3) is 0 Å². The molecule has 1 fully saturated rings. The van der Waals surface area contributed by atoms with Crippen LogP contribution in [-0.2, 0) is 0 Å². The fourth-order valence-electron chi connectivity index (χ4n) is 1.04. The molecule has 0 aliphatic carbocycles. The SMILES string of the molecule is CCC(C)N1NNNNC(C)(C)N1. The van der Waals surface area contributed by atoms with Crippen LogP contribution in [0.3, 0.4) is 0 Å². The highest BCUT2D eigenvalue weighted by Crippen LogP contribution is 2.02. The Bertz CT molecular complexity index is 159. The van der Waals surface area contributed by atoms with Crippen molar-refractivity contribution in [2.45, 2.75) is 45.8 Å². The van der Waals surface area contributed by atoms with E-state index in [4.69, 9.17) is 0 Å². The van der Waals surface area contributed by atoms with Crippen LogP contribution in [0, 0.1) is 0 Å². The van der Waals surface area contributed by atoms with Crippen LogP contribution in [0.15, 0.2) is 0 Å². The Balaban J connectivity index is 2.54. The molecule has 1 aliphatic heterocycles. The lowest BCUT2D eigenvalue weighted by Gasteiger charge is -2.33. The van der Waals surface area contributed by atoms with Crippen molar-refractivity contribution in [3.63, 3.8) is 0 Å². The van der Waals surface area contributed by atoms with Crippen molar-refractivity contribution in [2.75, 3.05) is 0 Å². The summed E-state index contributed by atoms with van der Waals surface area (Å²) in [6.07, 6.45) is 1.07. The summed E-state index contributed by atoms with van der Waals surface area (Å²) < 4.78 is 0. The van der Waals surface area contributed by atoms with Crippen LogP contribution in [0.2, 0.25) is 0 Å². The molecule has 0 spiro atoms. The van der Waals surface area contributed by atoms with Crippen molar-refractivity contribution in [1.29, 1.82) is 0 Å². The summed E-state index contributed by atoms with van der Waals surface area (Å²) in [4.78, 5) is 0. The number of hydrogen-bond donors (Lipinski definition) is 5. The highest BCUT2D eigenvalue weighted by molar-refractivity contribution is 4.72. The van der Waals surface area contributed by atoms with Crippen LogP contribution < -0.4 is 27.5 Å². The number of hydrazine groups is 5. The lowest BCUT2D eigenvalue weighted by molar-refractivity contribution is 0.0177. The van der Waals surface area contributed by atoms with Gasteiger partial charge >= 0.3 is 0 Å². The number of hydrogen-bond acceptors (Lipinski definition) is 6. The molecule has 6 heteroatoms.